The molecule has 0 spiro atoms. The largest absolute Gasteiger partial charge is 0.495 e. The minimum absolute atomic E-state index is 0.0289. The fourth-order valence-electron chi connectivity index (χ4n) is 5.41. The first-order chi connectivity index (χ1) is 23.4. The van der Waals surface area contributed by atoms with E-state index in [9.17, 15) is 14.0 Å². The SMILES string of the molecule is COc1ccccc1-n1c(CNC(=O)c2ccccc2F)nnc1SCC(=O)N1N=C(c2cccs2)C[C@H]1c1cccc(OC)c1OC. The number of amides is 2. The van der Waals surface area contributed by atoms with Gasteiger partial charge >= 0.3 is 0 Å². The van der Waals surface area contributed by atoms with Gasteiger partial charge in [0.25, 0.3) is 11.8 Å². The molecule has 1 atom stereocenters. The summed E-state index contributed by atoms with van der Waals surface area (Å²) in [6, 6.07) is 22.1. The molecule has 48 heavy (non-hydrogen) atoms. The van der Waals surface area contributed by atoms with E-state index in [4.69, 9.17) is 19.3 Å². The summed E-state index contributed by atoms with van der Waals surface area (Å²) < 4.78 is 32.9. The van der Waals surface area contributed by atoms with Gasteiger partial charge in [0, 0.05) is 12.0 Å². The van der Waals surface area contributed by atoms with Crippen molar-refractivity contribution in [2.45, 2.75) is 24.2 Å². The van der Waals surface area contributed by atoms with E-state index in [0.29, 0.717) is 40.3 Å². The molecule has 6 rings (SSSR count). The quantitative estimate of drug-likeness (QED) is 0.161. The summed E-state index contributed by atoms with van der Waals surface area (Å²) in [5, 5.41) is 20.1. The number of halogens is 1. The van der Waals surface area contributed by atoms with Gasteiger partial charge in [-0.15, -0.1) is 21.5 Å². The number of thioether (sulfide) groups is 1. The summed E-state index contributed by atoms with van der Waals surface area (Å²) in [5.41, 5.74) is 2.09. The van der Waals surface area contributed by atoms with E-state index in [1.807, 2.05) is 47.8 Å². The Morgan fingerprint density at radius 3 is 2.46 bits per heavy atom. The maximum absolute atomic E-state index is 14.3. The molecule has 1 N–H and O–H groups in total. The highest BCUT2D eigenvalue weighted by atomic mass is 32.2. The lowest BCUT2D eigenvalue weighted by Gasteiger charge is -2.24. The number of methoxy groups -OCH3 is 3. The second-order valence-electron chi connectivity index (χ2n) is 10.4. The van der Waals surface area contributed by atoms with E-state index in [-0.39, 0.29) is 23.8 Å². The van der Waals surface area contributed by atoms with Gasteiger partial charge in [-0.1, -0.05) is 54.2 Å². The molecule has 14 heteroatoms. The third-order valence-corrected chi connectivity index (χ3v) is 9.47. The molecule has 11 nitrogen and oxygen atoms in total. The molecule has 2 amide bonds. The smallest absolute Gasteiger partial charge is 0.254 e. The van der Waals surface area contributed by atoms with Crippen LogP contribution in [-0.4, -0.2) is 64.4 Å². The van der Waals surface area contributed by atoms with Crippen LogP contribution < -0.4 is 19.5 Å². The number of nitrogens with one attached hydrogen (secondary N) is 1. The molecule has 0 saturated carbocycles. The van der Waals surface area contributed by atoms with Crippen LogP contribution >= 0.6 is 23.1 Å². The van der Waals surface area contributed by atoms with Crippen molar-refractivity contribution in [3.63, 3.8) is 0 Å². The highest BCUT2D eigenvalue weighted by Crippen LogP contribution is 2.42. The van der Waals surface area contributed by atoms with Gasteiger partial charge in [0.1, 0.15) is 11.6 Å². The summed E-state index contributed by atoms with van der Waals surface area (Å²) in [4.78, 5) is 27.8. The van der Waals surface area contributed by atoms with Crippen LogP contribution in [0.3, 0.4) is 0 Å². The van der Waals surface area contributed by atoms with Crippen LogP contribution in [0, 0.1) is 5.82 Å². The molecule has 0 radical (unpaired) electrons. The molecule has 1 aliphatic rings. The van der Waals surface area contributed by atoms with Crippen LogP contribution in [0.15, 0.2) is 94.5 Å². The summed E-state index contributed by atoms with van der Waals surface area (Å²) in [7, 11) is 4.68. The standard InChI is InChI=1S/C34H31FN6O5S2/c1-44-27-14-7-6-13-25(27)40-30(19-36-33(43)21-10-4-5-12-23(21)35)37-38-34(40)48-20-31(42)41-26(18-24(39-41)29-16-9-17-47-29)22-11-8-15-28(45-2)32(22)46-3/h4-17,26H,18-20H2,1-3H3,(H,36,43)/t26-/m0/s1. The fraction of sp³-hybridized carbons (Fsp3) is 0.206. The van der Waals surface area contributed by atoms with Crippen molar-refractivity contribution >= 4 is 40.6 Å². The predicted molar refractivity (Wildman–Crippen MR) is 181 cm³/mol. The zero-order valence-electron chi connectivity index (χ0n) is 26.3. The van der Waals surface area contributed by atoms with E-state index >= 15 is 0 Å². The lowest BCUT2D eigenvalue weighted by molar-refractivity contribution is -0.130. The van der Waals surface area contributed by atoms with Gasteiger partial charge in [-0.3, -0.25) is 14.2 Å². The van der Waals surface area contributed by atoms with Gasteiger partial charge in [0.2, 0.25) is 0 Å². The minimum atomic E-state index is -0.632. The van der Waals surface area contributed by atoms with Crippen LogP contribution in [0.1, 0.15) is 39.1 Å². The minimum Gasteiger partial charge on any atom is -0.495 e. The number of nitrogens with zero attached hydrogens (tertiary/aromatic N) is 5. The van der Waals surface area contributed by atoms with Crippen LogP contribution in [0.4, 0.5) is 4.39 Å². The molecule has 0 saturated heterocycles. The number of hydrogen-bond acceptors (Lipinski definition) is 10. The van der Waals surface area contributed by atoms with Gasteiger partial charge < -0.3 is 19.5 Å². The molecule has 0 aliphatic carbocycles. The zero-order valence-corrected chi connectivity index (χ0v) is 27.9. The number of para-hydroxylation sites is 3. The number of benzene rings is 3. The van der Waals surface area contributed by atoms with Crippen molar-refractivity contribution in [3.8, 4) is 22.9 Å². The van der Waals surface area contributed by atoms with Crippen LogP contribution in [0.25, 0.3) is 5.69 Å². The summed E-state index contributed by atoms with van der Waals surface area (Å²) in [6.45, 7) is -0.0645. The van der Waals surface area contributed by atoms with E-state index in [1.165, 1.54) is 35.0 Å². The average molecular weight is 687 g/mol. The van der Waals surface area contributed by atoms with Crippen molar-refractivity contribution in [2.75, 3.05) is 27.1 Å². The monoisotopic (exact) mass is 686 g/mol. The lowest BCUT2D eigenvalue weighted by Crippen LogP contribution is -2.29. The average Bonchev–Trinajstić information content (AvgIpc) is 3.90. The Labute approximate surface area is 284 Å². The topological polar surface area (TPSA) is 120 Å². The van der Waals surface area contributed by atoms with Crippen molar-refractivity contribution in [2.24, 2.45) is 5.10 Å². The highest BCUT2D eigenvalue weighted by molar-refractivity contribution is 7.99. The second kappa shape index (κ2) is 14.7. The number of carbonyl (C=O) groups is 2. The van der Waals surface area contributed by atoms with E-state index in [0.717, 1.165) is 16.2 Å². The number of hydrogen-bond donors (Lipinski definition) is 1. The normalized spacial score (nSPS) is 14.0. The Morgan fingerprint density at radius 1 is 0.938 bits per heavy atom. The fourth-order valence-corrected chi connectivity index (χ4v) is 6.94. The number of carbonyl (C=O) groups excluding carboxylic acids is 2. The Hall–Kier alpha value is -5.21. The Kier molecular flexibility index (Phi) is 10.0. The first kappa shape index (κ1) is 32.7. The van der Waals surface area contributed by atoms with Crippen molar-refractivity contribution < 1.29 is 28.2 Å². The molecule has 0 unspecified atom stereocenters. The predicted octanol–water partition coefficient (Wildman–Crippen LogP) is 5.89. The molecule has 3 heterocycles. The van der Waals surface area contributed by atoms with Gasteiger partial charge in [-0.25, -0.2) is 9.40 Å². The van der Waals surface area contributed by atoms with Crippen molar-refractivity contribution in [1.29, 1.82) is 0 Å². The first-order valence-electron chi connectivity index (χ1n) is 14.8. The maximum atomic E-state index is 14.3. The molecule has 5 aromatic rings. The van der Waals surface area contributed by atoms with Crippen LogP contribution in [-0.2, 0) is 11.3 Å². The van der Waals surface area contributed by atoms with Gasteiger partial charge in [0.05, 0.1) is 61.5 Å². The van der Waals surface area contributed by atoms with Crippen LogP contribution in [0.5, 0.6) is 17.2 Å². The second-order valence-corrected chi connectivity index (χ2v) is 12.3. The number of aromatic nitrogens is 3. The third kappa shape index (κ3) is 6.62. The van der Waals surface area contributed by atoms with E-state index in [1.54, 1.807) is 55.4 Å². The maximum Gasteiger partial charge on any atom is 0.254 e. The first-order valence-corrected chi connectivity index (χ1v) is 16.7. The number of ether oxygens (including phenoxy) is 3. The summed E-state index contributed by atoms with van der Waals surface area (Å²) in [5.74, 6) is 0.465. The number of rotatable bonds is 12. The van der Waals surface area contributed by atoms with Gasteiger partial charge in [-0.05, 0) is 41.8 Å². The molecular formula is C34H31FN6O5S2. The Bertz CT molecular complexity index is 1970. The number of thiophene rings is 1. The van der Waals surface area contributed by atoms with Crippen molar-refractivity contribution in [3.05, 3.63) is 112 Å². The Morgan fingerprint density at radius 2 is 1.71 bits per heavy atom. The molecule has 0 bridgehead atoms. The molecule has 1 aliphatic heterocycles. The van der Waals surface area contributed by atoms with E-state index in [2.05, 4.69) is 15.5 Å². The van der Waals surface area contributed by atoms with Gasteiger partial charge in [0.15, 0.2) is 22.5 Å². The molecule has 2 aromatic heterocycles. The molecule has 246 valence electrons. The Balaban J connectivity index is 1.29. The van der Waals surface area contributed by atoms with E-state index < -0.39 is 17.8 Å². The summed E-state index contributed by atoms with van der Waals surface area (Å²) in [6.07, 6.45) is 0.490. The van der Waals surface area contributed by atoms with Crippen LogP contribution in [0.2, 0.25) is 0 Å². The zero-order chi connectivity index (χ0) is 33.6. The summed E-state index contributed by atoms with van der Waals surface area (Å²) >= 11 is 2.73. The molecule has 0 fully saturated rings. The third-order valence-electron chi connectivity index (χ3n) is 7.64. The van der Waals surface area contributed by atoms with Gasteiger partial charge in [-0.2, -0.15) is 5.10 Å². The molecule has 3 aromatic carbocycles. The number of hydrazone groups is 1. The highest BCUT2D eigenvalue weighted by Gasteiger charge is 2.36. The van der Waals surface area contributed by atoms with Crippen molar-refractivity contribution in [1.82, 2.24) is 25.1 Å². The lowest BCUT2D eigenvalue weighted by atomic mass is 9.99. The molecular weight excluding hydrogens is 656 g/mol.